The van der Waals surface area contributed by atoms with E-state index in [1.807, 2.05) is 18.2 Å². The minimum absolute atomic E-state index is 0.0224. The number of aromatic nitrogens is 2. The summed E-state index contributed by atoms with van der Waals surface area (Å²) in [5.41, 5.74) is 0.670. The number of benzene rings is 1. The molecule has 0 spiro atoms. The molecule has 1 N–H and O–H groups in total. The zero-order chi connectivity index (χ0) is 13.8. The van der Waals surface area contributed by atoms with Crippen LogP contribution in [0.15, 0.2) is 35.2 Å². The Morgan fingerprint density at radius 2 is 2.16 bits per heavy atom. The molecule has 2 rings (SSSR count). The van der Waals surface area contributed by atoms with E-state index in [1.165, 1.54) is 17.8 Å². The number of hydrogen-bond donors (Lipinski definition) is 1. The number of aromatic carboxylic acids is 1. The van der Waals surface area contributed by atoms with Crippen molar-refractivity contribution in [3.8, 4) is 0 Å². The molecule has 6 heteroatoms. The molecule has 0 bridgehead atoms. The monoisotopic (exact) mass is 294 g/mol. The van der Waals surface area contributed by atoms with Gasteiger partial charge in [0.15, 0.2) is 5.69 Å². The third kappa shape index (κ3) is 3.94. The van der Waals surface area contributed by atoms with Crippen LogP contribution >= 0.6 is 23.4 Å². The quantitative estimate of drug-likeness (QED) is 0.875. The standard InChI is InChI=1S/C13H11ClN2O2S/c1-8-5-11(13(17)18)16-12(15-8)7-19-10-4-2-3-9(14)6-10/h2-6H,7H2,1H3,(H,17,18). The van der Waals surface area contributed by atoms with Gasteiger partial charge in [0.25, 0.3) is 0 Å². The molecule has 1 heterocycles. The van der Waals surface area contributed by atoms with Crippen LogP contribution in [0.25, 0.3) is 0 Å². The van der Waals surface area contributed by atoms with Crippen LogP contribution in [0.4, 0.5) is 0 Å². The molecule has 0 aliphatic carbocycles. The van der Waals surface area contributed by atoms with Gasteiger partial charge in [0, 0.05) is 15.6 Å². The number of carbonyl (C=O) groups is 1. The van der Waals surface area contributed by atoms with Gasteiger partial charge < -0.3 is 5.11 Å². The summed E-state index contributed by atoms with van der Waals surface area (Å²) in [4.78, 5) is 20.1. The van der Waals surface area contributed by atoms with E-state index in [0.29, 0.717) is 22.3 Å². The predicted molar refractivity (Wildman–Crippen MR) is 74.7 cm³/mol. The minimum Gasteiger partial charge on any atom is -0.477 e. The van der Waals surface area contributed by atoms with Crippen molar-refractivity contribution in [1.82, 2.24) is 9.97 Å². The van der Waals surface area contributed by atoms with E-state index in [0.717, 1.165) is 4.90 Å². The molecule has 0 aliphatic rings. The number of rotatable bonds is 4. The number of hydrogen-bond acceptors (Lipinski definition) is 4. The summed E-state index contributed by atoms with van der Waals surface area (Å²) in [6.45, 7) is 1.75. The molecule has 0 amide bonds. The topological polar surface area (TPSA) is 63.1 Å². The summed E-state index contributed by atoms with van der Waals surface area (Å²) in [5, 5.41) is 9.61. The molecule has 0 radical (unpaired) electrons. The van der Waals surface area contributed by atoms with E-state index >= 15 is 0 Å². The Balaban J connectivity index is 2.13. The van der Waals surface area contributed by atoms with Crippen LogP contribution in [0.3, 0.4) is 0 Å². The number of halogens is 1. The molecular weight excluding hydrogens is 284 g/mol. The Labute approximate surface area is 119 Å². The fraction of sp³-hybridized carbons (Fsp3) is 0.154. The molecular formula is C13H11ClN2O2S. The third-order valence-corrected chi connectivity index (χ3v) is 3.51. The molecule has 98 valence electrons. The fourth-order valence-electron chi connectivity index (χ4n) is 1.51. The summed E-state index contributed by atoms with van der Waals surface area (Å²) < 4.78 is 0. The highest BCUT2D eigenvalue weighted by Crippen LogP contribution is 2.24. The van der Waals surface area contributed by atoms with Gasteiger partial charge in [-0.2, -0.15) is 0 Å². The van der Waals surface area contributed by atoms with Gasteiger partial charge in [-0.3, -0.25) is 0 Å². The highest BCUT2D eigenvalue weighted by molar-refractivity contribution is 7.98. The zero-order valence-electron chi connectivity index (χ0n) is 10.1. The van der Waals surface area contributed by atoms with Crippen molar-refractivity contribution in [2.45, 2.75) is 17.6 Å². The predicted octanol–water partition coefficient (Wildman–Crippen LogP) is 3.43. The van der Waals surface area contributed by atoms with E-state index in [9.17, 15) is 4.79 Å². The normalized spacial score (nSPS) is 10.4. The van der Waals surface area contributed by atoms with E-state index in [-0.39, 0.29) is 5.69 Å². The number of nitrogens with zero attached hydrogens (tertiary/aromatic N) is 2. The molecule has 2 aromatic rings. The van der Waals surface area contributed by atoms with Crippen LogP contribution in [-0.4, -0.2) is 21.0 Å². The molecule has 0 saturated heterocycles. The lowest BCUT2D eigenvalue weighted by atomic mass is 10.3. The van der Waals surface area contributed by atoms with Gasteiger partial charge in [-0.25, -0.2) is 14.8 Å². The minimum atomic E-state index is -1.04. The van der Waals surface area contributed by atoms with E-state index < -0.39 is 5.97 Å². The maximum Gasteiger partial charge on any atom is 0.354 e. The SMILES string of the molecule is Cc1cc(C(=O)O)nc(CSc2cccc(Cl)c2)n1. The first-order chi connectivity index (χ1) is 9.04. The molecule has 0 saturated carbocycles. The third-order valence-electron chi connectivity index (χ3n) is 2.28. The van der Waals surface area contributed by atoms with Crippen LogP contribution in [0.1, 0.15) is 22.0 Å². The highest BCUT2D eigenvalue weighted by atomic mass is 35.5. The van der Waals surface area contributed by atoms with Crippen LogP contribution in [-0.2, 0) is 5.75 Å². The lowest BCUT2D eigenvalue weighted by Gasteiger charge is -2.04. The number of thioether (sulfide) groups is 1. The fourth-order valence-corrected chi connectivity index (χ4v) is 2.57. The number of aryl methyl sites for hydroxylation is 1. The van der Waals surface area contributed by atoms with Gasteiger partial charge in [-0.05, 0) is 31.2 Å². The molecule has 0 atom stereocenters. The second-order valence-corrected chi connectivity index (χ2v) is 5.35. The number of carboxylic acids is 1. The van der Waals surface area contributed by atoms with Crippen molar-refractivity contribution >= 4 is 29.3 Å². The molecule has 4 nitrogen and oxygen atoms in total. The van der Waals surface area contributed by atoms with Gasteiger partial charge >= 0.3 is 5.97 Å². The summed E-state index contributed by atoms with van der Waals surface area (Å²) in [6.07, 6.45) is 0. The Morgan fingerprint density at radius 1 is 1.37 bits per heavy atom. The zero-order valence-corrected chi connectivity index (χ0v) is 11.7. The average molecular weight is 295 g/mol. The van der Waals surface area contributed by atoms with E-state index in [2.05, 4.69) is 9.97 Å². The largest absolute Gasteiger partial charge is 0.477 e. The van der Waals surface area contributed by atoms with Gasteiger partial charge in [-0.1, -0.05) is 17.7 Å². The smallest absolute Gasteiger partial charge is 0.354 e. The molecule has 1 aromatic heterocycles. The summed E-state index contributed by atoms with van der Waals surface area (Å²) in [7, 11) is 0. The Kier molecular flexibility index (Phi) is 4.39. The molecule has 0 fully saturated rings. The first-order valence-corrected chi connectivity index (χ1v) is 6.87. The molecule has 0 aliphatic heterocycles. The van der Waals surface area contributed by atoms with Crippen molar-refractivity contribution in [1.29, 1.82) is 0 Å². The molecule has 19 heavy (non-hydrogen) atoms. The van der Waals surface area contributed by atoms with Crippen LogP contribution in [0.2, 0.25) is 5.02 Å². The van der Waals surface area contributed by atoms with Crippen LogP contribution < -0.4 is 0 Å². The Bertz CT molecular complexity index is 619. The number of carboxylic acid groups (broad SMARTS) is 1. The van der Waals surface area contributed by atoms with Crippen molar-refractivity contribution < 1.29 is 9.90 Å². The average Bonchev–Trinajstić information content (AvgIpc) is 2.36. The molecule has 0 unspecified atom stereocenters. The van der Waals surface area contributed by atoms with E-state index in [1.54, 1.807) is 13.0 Å². The molecule has 1 aromatic carbocycles. The van der Waals surface area contributed by atoms with Gasteiger partial charge in [0.1, 0.15) is 5.82 Å². The van der Waals surface area contributed by atoms with Crippen LogP contribution in [0.5, 0.6) is 0 Å². The van der Waals surface area contributed by atoms with Crippen molar-refractivity contribution in [2.24, 2.45) is 0 Å². The first-order valence-electron chi connectivity index (χ1n) is 5.51. The first kappa shape index (κ1) is 13.8. The highest BCUT2D eigenvalue weighted by Gasteiger charge is 2.09. The maximum atomic E-state index is 10.9. The van der Waals surface area contributed by atoms with Crippen LogP contribution in [0, 0.1) is 6.92 Å². The van der Waals surface area contributed by atoms with Gasteiger partial charge in [0.05, 0.1) is 5.75 Å². The Hall–Kier alpha value is -1.59. The lowest BCUT2D eigenvalue weighted by Crippen LogP contribution is -2.05. The van der Waals surface area contributed by atoms with Crippen molar-refractivity contribution in [3.05, 3.63) is 52.6 Å². The summed E-state index contributed by atoms with van der Waals surface area (Å²) in [6, 6.07) is 8.90. The lowest BCUT2D eigenvalue weighted by molar-refractivity contribution is 0.0689. The van der Waals surface area contributed by atoms with Crippen molar-refractivity contribution in [2.75, 3.05) is 0 Å². The maximum absolute atomic E-state index is 10.9. The van der Waals surface area contributed by atoms with E-state index in [4.69, 9.17) is 16.7 Å². The van der Waals surface area contributed by atoms with Crippen molar-refractivity contribution in [3.63, 3.8) is 0 Å². The second kappa shape index (κ2) is 6.04. The second-order valence-electron chi connectivity index (χ2n) is 3.86. The summed E-state index contributed by atoms with van der Waals surface area (Å²) in [5.74, 6) is -0.0376. The van der Waals surface area contributed by atoms with Gasteiger partial charge in [0.2, 0.25) is 0 Å². The van der Waals surface area contributed by atoms with Gasteiger partial charge in [-0.15, -0.1) is 11.8 Å². The summed E-state index contributed by atoms with van der Waals surface area (Å²) >= 11 is 7.41. The Morgan fingerprint density at radius 3 is 2.84 bits per heavy atom.